The van der Waals surface area contributed by atoms with Crippen LogP contribution in [0.25, 0.3) is 0 Å². The first-order chi connectivity index (χ1) is 7.84. The third-order valence-electron chi connectivity index (χ3n) is 3.34. The molecule has 0 aromatic heterocycles. The van der Waals surface area contributed by atoms with Gasteiger partial charge in [0.05, 0.1) is 6.07 Å². The summed E-state index contributed by atoms with van der Waals surface area (Å²) in [5, 5.41) is 12.4. The van der Waals surface area contributed by atoms with Gasteiger partial charge in [-0.05, 0) is 46.2 Å². The van der Waals surface area contributed by atoms with Crippen molar-refractivity contribution in [3.8, 4) is 6.07 Å². The van der Waals surface area contributed by atoms with E-state index in [-0.39, 0.29) is 5.54 Å². The molecular formula is C14H29N3. The second-order valence-electron chi connectivity index (χ2n) is 5.68. The molecule has 100 valence electrons. The van der Waals surface area contributed by atoms with Gasteiger partial charge in [0.15, 0.2) is 0 Å². The fraction of sp³-hybridized carbons (Fsp3) is 0.929. The lowest BCUT2D eigenvalue weighted by Gasteiger charge is -2.30. The van der Waals surface area contributed by atoms with E-state index in [2.05, 4.69) is 44.1 Å². The zero-order valence-electron chi connectivity index (χ0n) is 12.4. The molecule has 0 saturated carbocycles. The third-order valence-corrected chi connectivity index (χ3v) is 3.34. The van der Waals surface area contributed by atoms with Crippen LogP contribution in [0, 0.1) is 17.2 Å². The molecule has 17 heavy (non-hydrogen) atoms. The number of nitrogens with one attached hydrogen (secondary N) is 1. The second-order valence-corrected chi connectivity index (χ2v) is 5.68. The van der Waals surface area contributed by atoms with Gasteiger partial charge in [-0.15, -0.1) is 0 Å². The summed E-state index contributed by atoms with van der Waals surface area (Å²) in [7, 11) is 2.15. The summed E-state index contributed by atoms with van der Waals surface area (Å²) in [5.41, 5.74) is -0.388. The molecule has 0 fully saturated rings. The van der Waals surface area contributed by atoms with Crippen molar-refractivity contribution < 1.29 is 0 Å². The van der Waals surface area contributed by atoms with Crippen LogP contribution in [0.4, 0.5) is 0 Å². The molecule has 0 aliphatic heterocycles. The van der Waals surface area contributed by atoms with Crippen LogP contribution in [-0.2, 0) is 0 Å². The van der Waals surface area contributed by atoms with Crippen LogP contribution >= 0.6 is 0 Å². The average molecular weight is 239 g/mol. The standard InChI is InChI=1S/C14H29N3/c1-7-16-14(5,11-15)8-9-17(6)13(4)10-12(2)3/h12-13,16H,7-10H2,1-6H3. The van der Waals surface area contributed by atoms with Gasteiger partial charge in [0.1, 0.15) is 5.54 Å². The van der Waals surface area contributed by atoms with Crippen LogP contribution in [0.15, 0.2) is 0 Å². The van der Waals surface area contributed by atoms with E-state index in [0.717, 1.165) is 25.4 Å². The molecular weight excluding hydrogens is 210 g/mol. The molecule has 3 heteroatoms. The lowest BCUT2D eigenvalue weighted by Crippen LogP contribution is -2.44. The van der Waals surface area contributed by atoms with Gasteiger partial charge < -0.3 is 4.90 Å². The highest BCUT2D eigenvalue weighted by molar-refractivity contribution is 5.03. The Balaban J connectivity index is 4.13. The summed E-state index contributed by atoms with van der Waals surface area (Å²) in [4.78, 5) is 2.35. The summed E-state index contributed by atoms with van der Waals surface area (Å²) in [6.07, 6.45) is 2.08. The maximum absolute atomic E-state index is 9.18. The van der Waals surface area contributed by atoms with Gasteiger partial charge in [-0.1, -0.05) is 20.8 Å². The van der Waals surface area contributed by atoms with E-state index in [1.54, 1.807) is 0 Å². The largest absolute Gasteiger partial charge is 0.304 e. The van der Waals surface area contributed by atoms with Crippen LogP contribution < -0.4 is 5.32 Å². The molecule has 0 radical (unpaired) electrons. The average Bonchev–Trinajstić information content (AvgIpc) is 2.25. The summed E-state index contributed by atoms with van der Waals surface area (Å²) >= 11 is 0. The Morgan fingerprint density at radius 1 is 1.35 bits per heavy atom. The highest BCUT2D eigenvalue weighted by Gasteiger charge is 2.23. The van der Waals surface area contributed by atoms with Crippen LogP contribution in [0.5, 0.6) is 0 Å². The van der Waals surface area contributed by atoms with Crippen molar-refractivity contribution in [1.29, 1.82) is 5.26 Å². The predicted octanol–water partition coefficient (Wildman–Crippen LogP) is 2.63. The Morgan fingerprint density at radius 3 is 2.35 bits per heavy atom. The zero-order valence-corrected chi connectivity index (χ0v) is 12.4. The number of nitrogens with zero attached hydrogens (tertiary/aromatic N) is 2. The van der Waals surface area contributed by atoms with Gasteiger partial charge >= 0.3 is 0 Å². The van der Waals surface area contributed by atoms with E-state index in [9.17, 15) is 5.26 Å². The normalized spacial score (nSPS) is 16.9. The Hall–Kier alpha value is -0.590. The van der Waals surface area contributed by atoms with E-state index >= 15 is 0 Å². The molecule has 0 spiro atoms. The second kappa shape index (κ2) is 7.68. The molecule has 0 bridgehead atoms. The number of nitriles is 1. The Labute approximate surface area is 107 Å². The number of hydrogen-bond acceptors (Lipinski definition) is 3. The maximum Gasteiger partial charge on any atom is 0.105 e. The molecule has 2 unspecified atom stereocenters. The minimum Gasteiger partial charge on any atom is -0.304 e. The fourth-order valence-electron chi connectivity index (χ4n) is 2.06. The summed E-state index contributed by atoms with van der Waals surface area (Å²) in [6, 6.07) is 2.96. The number of rotatable bonds is 8. The van der Waals surface area contributed by atoms with Crippen molar-refractivity contribution in [3.05, 3.63) is 0 Å². The molecule has 0 aliphatic carbocycles. The van der Waals surface area contributed by atoms with E-state index < -0.39 is 0 Å². The highest BCUT2D eigenvalue weighted by Crippen LogP contribution is 2.13. The van der Waals surface area contributed by atoms with Crippen molar-refractivity contribution in [3.63, 3.8) is 0 Å². The van der Waals surface area contributed by atoms with E-state index in [1.165, 1.54) is 6.42 Å². The summed E-state index contributed by atoms with van der Waals surface area (Å²) in [6.45, 7) is 12.6. The van der Waals surface area contributed by atoms with Gasteiger partial charge in [0, 0.05) is 12.6 Å². The minimum absolute atomic E-state index is 0.388. The van der Waals surface area contributed by atoms with Gasteiger partial charge in [-0.25, -0.2) is 0 Å². The lowest BCUT2D eigenvalue weighted by atomic mass is 9.98. The SMILES string of the molecule is CCNC(C)(C#N)CCN(C)C(C)CC(C)C. The number of hydrogen-bond donors (Lipinski definition) is 1. The van der Waals surface area contributed by atoms with Crippen LogP contribution in [0.1, 0.15) is 47.5 Å². The van der Waals surface area contributed by atoms with Gasteiger partial charge in [0.25, 0.3) is 0 Å². The minimum atomic E-state index is -0.388. The molecule has 0 heterocycles. The smallest absolute Gasteiger partial charge is 0.105 e. The van der Waals surface area contributed by atoms with Gasteiger partial charge in [-0.3, -0.25) is 5.32 Å². The van der Waals surface area contributed by atoms with Gasteiger partial charge in [0.2, 0.25) is 0 Å². The van der Waals surface area contributed by atoms with Crippen molar-refractivity contribution in [2.75, 3.05) is 20.1 Å². The molecule has 0 aromatic carbocycles. The molecule has 0 amide bonds. The van der Waals surface area contributed by atoms with Crippen molar-refractivity contribution in [1.82, 2.24) is 10.2 Å². The molecule has 2 atom stereocenters. The summed E-state index contributed by atoms with van der Waals surface area (Å²) < 4.78 is 0. The fourth-order valence-corrected chi connectivity index (χ4v) is 2.06. The zero-order chi connectivity index (χ0) is 13.5. The first kappa shape index (κ1) is 16.4. The molecule has 1 N–H and O–H groups in total. The van der Waals surface area contributed by atoms with Crippen LogP contribution in [0.2, 0.25) is 0 Å². The van der Waals surface area contributed by atoms with Crippen LogP contribution in [0.3, 0.4) is 0 Å². The van der Waals surface area contributed by atoms with Gasteiger partial charge in [-0.2, -0.15) is 5.26 Å². The lowest BCUT2D eigenvalue weighted by molar-refractivity contribution is 0.210. The summed E-state index contributed by atoms with van der Waals surface area (Å²) in [5.74, 6) is 0.726. The Kier molecular flexibility index (Phi) is 7.41. The Bertz CT molecular complexity index is 244. The predicted molar refractivity (Wildman–Crippen MR) is 73.9 cm³/mol. The molecule has 0 aromatic rings. The molecule has 0 saturated heterocycles. The molecule has 0 rings (SSSR count). The monoisotopic (exact) mass is 239 g/mol. The molecule has 3 nitrogen and oxygen atoms in total. The molecule has 0 aliphatic rings. The van der Waals surface area contributed by atoms with Crippen LogP contribution in [-0.4, -0.2) is 36.6 Å². The maximum atomic E-state index is 9.18. The third kappa shape index (κ3) is 6.65. The first-order valence-corrected chi connectivity index (χ1v) is 6.71. The highest BCUT2D eigenvalue weighted by atomic mass is 15.1. The van der Waals surface area contributed by atoms with Crippen molar-refractivity contribution >= 4 is 0 Å². The van der Waals surface area contributed by atoms with E-state index in [1.807, 2.05) is 13.8 Å². The van der Waals surface area contributed by atoms with Crippen molar-refractivity contribution in [2.45, 2.75) is 59.0 Å². The Morgan fingerprint density at radius 2 is 1.94 bits per heavy atom. The quantitative estimate of drug-likeness (QED) is 0.708. The van der Waals surface area contributed by atoms with Crippen molar-refractivity contribution in [2.24, 2.45) is 5.92 Å². The first-order valence-electron chi connectivity index (χ1n) is 6.71. The van der Waals surface area contributed by atoms with E-state index in [4.69, 9.17) is 0 Å². The topological polar surface area (TPSA) is 39.1 Å². The van der Waals surface area contributed by atoms with E-state index in [0.29, 0.717) is 6.04 Å².